The fraction of sp³-hybridized carbons (Fsp3) is 0.900. The summed E-state index contributed by atoms with van der Waals surface area (Å²) in [6.07, 6.45) is 3.48. The van der Waals surface area contributed by atoms with Crippen LogP contribution in [0.15, 0.2) is 0 Å². The minimum absolute atomic E-state index is 0.0230. The van der Waals surface area contributed by atoms with Gasteiger partial charge in [0.1, 0.15) is 0 Å². The quantitative estimate of drug-likeness (QED) is 0.763. The van der Waals surface area contributed by atoms with Crippen LogP contribution in [0.25, 0.3) is 0 Å². The number of hydrogen-bond donors (Lipinski definition) is 1. The molecule has 1 saturated carbocycles. The molecule has 0 aromatic carbocycles. The summed E-state index contributed by atoms with van der Waals surface area (Å²) in [7, 11) is -2.95. The van der Waals surface area contributed by atoms with Crippen molar-refractivity contribution in [1.29, 1.82) is 0 Å². The Morgan fingerprint density at radius 2 is 1.94 bits per heavy atom. The second kappa shape index (κ2) is 4.33. The maximum Gasteiger partial charge on any atom is 0.317 e. The predicted molar refractivity (Wildman–Crippen MR) is 59.0 cm³/mol. The fourth-order valence-corrected chi connectivity index (χ4v) is 4.10. The van der Waals surface area contributed by atoms with Crippen LogP contribution in [-0.2, 0) is 14.6 Å². The van der Waals surface area contributed by atoms with E-state index in [1.807, 2.05) is 4.90 Å². The maximum absolute atomic E-state index is 11.5. The van der Waals surface area contributed by atoms with Gasteiger partial charge in [-0.2, -0.15) is 0 Å². The van der Waals surface area contributed by atoms with E-state index in [-0.39, 0.29) is 24.1 Å². The van der Waals surface area contributed by atoms with Crippen LogP contribution in [0.4, 0.5) is 0 Å². The lowest BCUT2D eigenvalue weighted by atomic mass is 10.1. The summed E-state index contributed by atoms with van der Waals surface area (Å²) in [6, 6.07) is 0.219. The predicted octanol–water partition coefficient (Wildman–Crippen LogP) is 0.113. The summed E-state index contributed by atoms with van der Waals surface area (Å²) in [5.41, 5.74) is 0. The molecule has 92 valence electrons. The van der Waals surface area contributed by atoms with E-state index in [9.17, 15) is 13.2 Å². The highest BCUT2D eigenvalue weighted by molar-refractivity contribution is 7.91. The molecule has 1 aliphatic heterocycles. The smallest absolute Gasteiger partial charge is 0.317 e. The van der Waals surface area contributed by atoms with Crippen LogP contribution >= 0.6 is 0 Å². The SMILES string of the molecule is O=C(O)CN(C1CC1)C1CCCS(=O)(=O)C1. The summed E-state index contributed by atoms with van der Waals surface area (Å²) in [5, 5.41) is 8.83. The van der Waals surface area contributed by atoms with Crippen molar-refractivity contribution in [3.05, 3.63) is 0 Å². The van der Waals surface area contributed by atoms with E-state index in [1.54, 1.807) is 0 Å². The zero-order chi connectivity index (χ0) is 11.8. The molecule has 2 aliphatic rings. The van der Waals surface area contributed by atoms with Crippen LogP contribution in [0, 0.1) is 0 Å². The Hall–Kier alpha value is -0.620. The van der Waals surface area contributed by atoms with Crippen LogP contribution in [-0.4, -0.2) is 54.5 Å². The topological polar surface area (TPSA) is 74.7 Å². The van der Waals surface area contributed by atoms with Crippen molar-refractivity contribution < 1.29 is 18.3 Å². The highest BCUT2D eigenvalue weighted by Crippen LogP contribution is 2.31. The summed E-state index contributed by atoms with van der Waals surface area (Å²) in [6.45, 7) is -0.0230. The van der Waals surface area contributed by atoms with E-state index in [0.29, 0.717) is 12.5 Å². The normalized spacial score (nSPS) is 29.2. The van der Waals surface area contributed by atoms with Crippen molar-refractivity contribution in [2.24, 2.45) is 0 Å². The Kier molecular flexibility index (Phi) is 3.21. The third-order valence-electron chi connectivity index (χ3n) is 3.24. The maximum atomic E-state index is 11.5. The molecular formula is C10H17NO4S. The summed E-state index contributed by atoms with van der Waals surface area (Å²) >= 11 is 0. The van der Waals surface area contributed by atoms with Gasteiger partial charge in [0.15, 0.2) is 9.84 Å². The number of carbonyl (C=O) groups is 1. The lowest BCUT2D eigenvalue weighted by molar-refractivity contribution is -0.139. The molecular weight excluding hydrogens is 230 g/mol. The van der Waals surface area contributed by atoms with E-state index in [1.165, 1.54) is 0 Å². The zero-order valence-electron chi connectivity index (χ0n) is 9.13. The van der Waals surface area contributed by atoms with Gasteiger partial charge in [-0.05, 0) is 25.7 Å². The molecule has 5 nitrogen and oxygen atoms in total. The third-order valence-corrected chi connectivity index (χ3v) is 5.05. The summed E-state index contributed by atoms with van der Waals surface area (Å²) in [5.74, 6) is -0.471. The number of aliphatic carboxylic acids is 1. The Bertz CT molecular complexity index is 374. The fourth-order valence-electron chi connectivity index (χ4n) is 2.38. The van der Waals surface area contributed by atoms with Crippen LogP contribution in [0.2, 0.25) is 0 Å². The second-order valence-corrected chi connectivity index (χ2v) is 6.94. The van der Waals surface area contributed by atoms with Gasteiger partial charge in [-0.15, -0.1) is 0 Å². The molecule has 2 rings (SSSR count). The van der Waals surface area contributed by atoms with E-state index >= 15 is 0 Å². The standard InChI is InChI=1S/C10H17NO4S/c12-10(13)6-11(8-3-4-8)9-2-1-5-16(14,15)7-9/h8-9H,1-7H2,(H,12,13). The zero-order valence-corrected chi connectivity index (χ0v) is 9.95. The summed E-state index contributed by atoms with van der Waals surface area (Å²) in [4.78, 5) is 12.6. The number of carboxylic acid groups (broad SMARTS) is 1. The van der Waals surface area contributed by atoms with Gasteiger partial charge in [-0.3, -0.25) is 9.69 Å². The van der Waals surface area contributed by atoms with E-state index in [4.69, 9.17) is 5.11 Å². The lowest BCUT2D eigenvalue weighted by Crippen LogP contribution is -2.47. The molecule has 0 aromatic heterocycles. The van der Waals surface area contributed by atoms with Crippen LogP contribution < -0.4 is 0 Å². The molecule has 0 aromatic rings. The van der Waals surface area contributed by atoms with Crippen molar-refractivity contribution >= 4 is 15.8 Å². The molecule has 0 bridgehead atoms. The van der Waals surface area contributed by atoms with Crippen molar-refractivity contribution in [2.75, 3.05) is 18.1 Å². The molecule has 1 aliphatic carbocycles. The Labute approximate surface area is 95.4 Å². The number of nitrogens with zero attached hydrogens (tertiary/aromatic N) is 1. The van der Waals surface area contributed by atoms with E-state index < -0.39 is 15.8 Å². The largest absolute Gasteiger partial charge is 0.480 e. The summed E-state index contributed by atoms with van der Waals surface area (Å²) < 4.78 is 23.0. The van der Waals surface area contributed by atoms with Crippen molar-refractivity contribution in [3.63, 3.8) is 0 Å². The van der Waals surface area contributed by atoms with Gasteiger partial charge in [0, 0.05) is 12.1 Å². The van der Waals surface area contributed by atoms with Gasteiger partial charge in [0.05, 0.1) is 18.1 Å². The molecule has 16 heavy (non-hydrogen) atoms. The molecule has 0 radical (unpaired) electrons. The number of hydrogen-bond acceptors (Lipinski definition) is 4. The average molecular weight is 247 g/mol. The molecule has 1 atom stereocenters. The monoisotopic (exact) mass is 247 g/mol. The first-order valence-corrected chi connectivity index (χ1v) is 7.48. The molecule has 1 unspecified atom stereocenters. The third kappa shape index (κ3) is 2.95. The molecule has 0 spiro atoms. The van der Waals surface area contributed by atoms with Gasteiger partial charge >= 0.3 is 5.97 Å². The van der Waals surface area contributed by atoms with Gasteiger partial charge in [-0.1, -0.05) is 0 Å². The lowest BCUT2D eigenvalue weighted by Gasteiger charge is -2.32. The minimum Gasteiger partial charge on any atom is -0.480 e. The average Bonchev–Trinajstić information content (AvgIpc) is 2.95. The van der Waals surface area contributed by atoms with Crippen LogP contribution in [0.5, 0.6) is 0 Å². The first kappa shape index (κ1) is 11.9. The first-order chi connectivity index (χ1) is 7.48. The Morgan fingerprint density at radius 3 is 2.44 bits per heavy atom. The number of sulfone groups is 1. The molecule has 6 heteroatoms. The van der Waals surface area contributed by atoms with Crippen molar-refractivity contribution in [2.45, 2.75) is 37.8 Å². The van der Waals surface area contributed by atoms with Gasteiger partial charge in [0.25, 0.3) is 0 Å². The van der Waals surface area contributed by atoms with Gasteiger partial charge in [-0.25, -0.2) is 8.42 Å². The number of carboxylic acids is 1. The van der Waals surface area contributed by atoms with Crippen LogP contribution in [0.1, 0.15) is 25.7 Å². The Balaban J connectivity index is 2.04. The van der Waals surface area contributed by atoms with Gasteiger partial charge < -0.3 is 5.11 Å². The van der Waals surface area contributed by atoms with E-state index in [2.05, 4.69) is 0 Å². The van der Waals surface area contributed by atoms with Gasteiger partial charge in [0.2, 0.25) is 0 Å². The van der Waals surface area contributed by atoms with Crippen molar-refractivity contribution in [3.8, 4) is 0 Å². The second-order valence-electron chi connectivity index (χ2n) is 4.71. The molecule has 1 N–H and O–H groups in total. The molecule has 0 amide bonds. The minimum atomic E-state index is -2.95. The van der Waals surface area contributed by atoms with Crippen molar-refractivity contribution in [1.82, 2.24) is 4.90 Å². The van der Waals surface area contributed by atoms with E-state index in [0.717, 1.165) is 19.3 Å². The Morgan fingerprint density at radius 1 is 1.25 bits per heavy atom. The molecule has 1 saturated heterocycles. The molecule has 2 fully saturated rings. The first-order valence-electron chi connectivity index (χ1n) is 5.66. The van der Waals surface area contributed by atoms with Crippen LogP contribution in [0.3, 0.4) is 0 Å². The number of rotatable bonds is 4. The highest BCUT2D eigenvalue weighted by Gasteiger charge is 2.38. The highest BCUT2D eigenvalue weighted by atomic mass is 32.2. The molecule has 1 heterocycles.